The summed E-state index contributed by atoms with van der Waals surface area (Å²) in [6.07, 6.45) is 7.28. The molecule has 1 amide bonds. The molecule has 0 bridgehead atoms. The molecule has 0 saturated carbocycles. The first kappa shape index (κ1) is 25.5. The standard InChI is InChI=1S/C20H36N6O2.HI/c1-6-22-18(23-9-7-10-24-19(27)28-20(3,4)5)25-12-8-16(2)17(14-25)26-13-11-21-15-26;/h11,13,15-17H,6-10,12,14H2,1-5H3,(H,22,23)(H,24,27);1H. The fraction of sp³-hybridized carbons (Fsp3) is 0.750. The Morgan fingerprint density at radius 2 is 2.10 bits per heavy atom. The van der Waals surface area contributed by atoms with Crippen molar-refractivity contribution < 1.29 is 9.53 Å². The number of alkyl carbamates (subject to hydrolysis) is 1. The molecule has 1 fully saturated rings. The van der Waals surface area contributed by atoms with Crippen molar-refractivity contribution in [2.24, 2.45) is 10.9 Å². The van der Waals surface area contributed by atoms with Crippen molar-refractivity contribution in [1.29, 1.82) is 0 Å². The van der Waals surface area contributed by atoms with Gasteiger partial charge in [0, 0.05) is 45.1 Å². The van der Waals surface area contributed by atoms with Gasteiger partial charge in [-0.05, 0) is 46.5 Å². The molecule has 2 atom stereocenters. The Hall–Kier alpha value is -1.52. The molecule has 2 N–H and O–H groups in total. The molecule has 166 valence electrons. The van der Waals surface area contributed by atoms with Crippen molar-refractivity contribution in [3.05, 3.63) is 18.7 Å². The Labute approximate surface area is 191 Å². The Bertz CT molecular complexity index is 629. The van der Waals surface area contributed by atoms with Gasteiger partial charge in [0.15, 0.2) is 5.96 Å². The lowest BCUT2D eigenvalue weighted by atomic mass is 9.93. The molecule has 0 aliphatic carbocycles. The Morgan fingerprint density at radius 1 is 1.34 bits per heavy atom. The van der Waals surface area contributed by atoms with E-state index >= 15 is 0 Å². The highest BCUT2D eigenvalue weighted by molar-refractivity contribution is 14.0. The van der Waals surface area contributed by atoms with Crippen LogP contribution in [0.5, 0.6) is 0 Å². The van der Waals surface area contributed by atoms with Crippen molar-refractivity contribution in [3.8, 4) is 0 Å². The molecule has 1 aliphatic rings. The highest BCUT2D eigenvalue weighted by Gasteiger charge is 2.28. The molecule has 1 aromatic rings. The lowest BCUT2D eigenvalue weighted by Gasteiger charge is -2.39. The predicted octanol–water partition coefficient (Wildman–Crippen LogP) is 3.26. The molecule has 0 radical (unpaired) electrons. The third-order valence-corrected chi connectivity index (χ3v) is 4.73. The molecule has 9 heteroatoms. The van der Waals surface area contributed by atoms with Crippen LogP contribution < -0.4 is 10.6 Å². The number of nitrogens with one attached hydrogen (secondary N) is 2. The Morgan fingerprint density at radius 3 is 2.72 bits per heavy atom. The lowest BCUT2D eigenvalue weighted by molar-refractivity contribution is 0.0527. The second kappa shape index (κ2) is 12.2. The molecule has 1 aromatic heterocycles. The van der Waals surface area contributed by atoms with Crippen LogP contribution in [0.4, 0.5) is 4.79 Å². The maximum atomic E-state index is 11.7. The zero-order valence-corrected chi connectivity index (χ0v) is 20.7. The van der Waals surface area contributed by atoms with Gasteiger partial charge >= 0.3 is 6.09 Å². The van der Waals surface area contributed by atoms with Crippen LogP contribution >= 0.6 is 24.0 Å². The SMILES string of the molecule is CCNC(=NCCCNC(=O)OC(C)(C)C)N1CCC(C)C(n2ccnc2)C1.I. The molecule has 2 unspecified atom stereocenters. The zero-order valence-electron chi connectivity index (χ0n) is 18.4. The second-order valence-corrected chi connectivity index (χ2v) is 8.31. The molecule has 1 aliphatic heterocycles. The van der Waals surface area contributed by atoms with Gasteiger partial charge in [0.2, 0.25) is 0 Å². The van der Waals surface area contributed by atoms with E-state index in [9.17, 15) is 4.79 Å². The average Bonchev–Trinajstić information content (AvgIpc) is 3.14. The van der Waals surface area contributed by atoms with Gasteiger partial charge in [-0.15, -0.1) is 24.0 Å². The minimum atomic E-state index is -0.475. The first-order valence-electron chi connectivity index (χ1n) is 10.3. The number of hydrogen-bond acceptors (Lipinski definition) is 4. The number of carbonyl (C=O) groups excluding carboxylic acids is 1. The van der Waals surface area contributed by atoms with Crippen LogP contribution in [-0.4, -0.2) is 64.8 Å². The van der Waals surface area contributed by atoms with Crippen LogP contribution in [0, 0.1) is 5.92 Å². The van der Waals surface area contributed by atoms with Gasteiger partial charge in [-0.25, -0.2) is 9.78 Å². The number of rotatable bonds is 6. The number of aromatic nitrogens is 2. The van der Waals surface area contributed by atoms with Gasteiger partial charge in [0.05, 0.1) is 12.4 Å². The van der Waals surface area contributed by atoms with E-state index in [0.717, 1.165) is 38.4 Å². The number of carbonyl (C=O) groups is 1. The fourth-order valence-electron chi connectivity index (χ4n) is 3.29. The number of ether oxygens (including phenoxy) is 1. The van der Waals surface area contributed by atoms with E-state index in [4.69, 9.17) is 9.73 Å². The van der Waals surface area contributed by atoms with Crippen molar-refractivity contribution in [2.45, 2.75) is 59.1 Å². The average molecular weight is 520 g/mol. The Balaban J connectivity index is 0.00000420. The van der Waals surface area contributed by atoms with E-state index in [1.165, 1.54) is 0 Å². The maximum absolute atomic E-state index is 11.7. The molecular weight excluding hydrogens is 483 g/mol. The summed E-state index contributed by atoms with van der Waals surface area (Å²) in [4.78, 5) is 23.0. The summed E-state index contributed by atoms with van der Waals surface area (Å²) < 4.78 is 7.44. The lowest BCUT2D eigenvalue weighted by Crippen LogP contribution is -2.49. The second-order valence-electron chi connectivity index (χ2n) is 8.31. The summed E-state index contributed by atoms with van der Waals surface area (Å²) in [6.45, 7) is 13.9. The fourth-order valence-corrected chi connectivity index (χ4v) is 3.29. The molecule has 0 spiro atoms. The van der Waals surface area contributed by atoms with E-state index in [2.05, 4.69) is 38.9 Å². The van der Waals surface area contributed by atoms with E-state index in [-0.39, 0.29) is 30.1 Å². The normalized spacial score (nSPS) is 20.0. The van der Waals surface area contributed by atoms with Gasteiger partial charge in [-0.2, -0.15) is 0 Å². The molecule has 8 nitrogen and oxygen atoms in total. The highest BCUT2D eigenvalue weighted by Crippen LogP contribution is 2.27. The summed E-state index contributed by atoms with van der Waals surface area (Å²) in [5.74, 6) is 1.54. The van der Waals surface area contributed by atoms with Crippen LogP contribution in [0.3, 0.4) is 0 Å². The maximum Gasteiger partial charge on any atom is 0.407 e. The van der Waals surface area contributed by atoms with Gasteiger partial charge < -0.3 is 24.8 Å². The minimum Gasteiger partial charge on any atom is -0.444 e. The first-order valence-corrected chi connectivity index (χ1v) is 10.3. The summed E-state index contributed by atoms with van der Waals surface area (Å²) in [5.41, 5.74) is -0.475. The smallest absolute Gasteiger partial charge is 0.407 e. The van der Waals surface area contributed by atoms with Gasteiger partial charge in [0.1, 0.15) is 5.60 Å². The summed E-state index contributed by atoms with van der Waals surface area (Å²) in [5, 5.41) is 6.18. The zero-order chi connectivity index (χ0) is 20.6. The highest BCUT2D eigenvalue weighted by atomic mass is 127. The summed E-state index contributed by atoms with van der Waals surface area (Å²) >= 11 is 0. The molecule has 29 heavy (non-hydrogen) atoms. The summed E-state index contributed by atoms with van der Waals surface area (Å²) in [7, 11) is 0. The van der Waals surface area contributed by atoms with E-state index in [1.807, 2.05) is 39.5 Å². The van der Waals surface area contributed by atoms with Crippen LogP contribution in [-0.2, 0) is 4.74 Å². The number of halogens is 1. The van der Waals surface area contributed by atoms with Crippen molar-refractivity contribution in [3.63, 3.8) is 0 Å². The first-order chi connectivity index (χ1) is 13.3. The Kier molecular flexibility index (Phi) is 10.8. The van der Waals surface area contributed by atoms with E-state index < -0.39 is 5.60 Å². The topological polar surface area (TPSA) is 83.8 Å². The van der Waals surface area contributed by atoms with Crippen molar-refractivity contribution in [1.82, 2.24) is 25.1 Å². The summed E-state index contributed by atoms with van der Waals surface area (Å²) in [6, 6.07) is 0.397. The number of imidazole rings is 1. The van der Waals surface area contributed by atoms with Gasteiger partial charge in [0.25, 0.3) is 0 Å². The third-order valence-electron chi connectivity index (χ3n) is 4.73. The molecular formula is C20H37IN6O2. The van der Waals surface area contributed by atoms with Gasteiger partial charge in [-0.3, -0.25) is 4.99 Å². The molecule has 2 rings (SSSR count). The van der Waals surface area contributed by atoms with E-state index in [1.54, 1.807) is 0 Å². The molecule has 2 heterocycles. The largest absolute Gasteiger partial charge is 0.444 e. The molecule has 1 saturated heterocycles. The number of nitrogens with zero attached hydrogens (tertiary/aromatic N) is 4. The van der Waals surface area contributed by atoms with Crippen LogP contribution in [0.25, 0.3) is 0 Å². The number of hydrogen-bond donors (Lipinski definition) is 2. The van der Waals surface area contributed by atoms with Gasteiger partial charge in [-0.1, -0.05) is 6.92 Å². The van der Waals surface area contributed by atoms with Crippen LogP contribution in [0.15, 0.2) is 23.7 Å². The quantitative estimate of drug-likeness (QED) is 0.261. The van der Waals surface area contributed by atoms with Crippen LogP contribution in [0.2, 0.25) is 0 Å². The van der Waals surface area contributed by atoms with Crippen LogP contribution in [0.1, 0.15) is 53.5 Å². The number of likely N-dealkylation sites (tertiary alicyclic amines) is 1. The molecule has 0 aromatic carbocycles. The predicted molar refractivity (Wildman–Crippen MR) is 127 cm³/mol. The third kappa shape index (κ3) is 8.79. The minimum absolute atomic E-state index is 0. The van der Waals surface area contributed by atoms with E-state index in [0.29, 0.717) is 25.0 Å². The van der Waals surface area contributed by atoms with Crippen molar-refractivity contribution in [2.75, 3.05) is 32.7 Å². The number of amides is 1. The number of piperidine rings is 1. The number of aliphatic imine (C=N–C) groups is 1. The monoisotopic (exact) mass is 520 g/mol. The number of guanidine groups is 1. The van der Waals surface area contributed by atoms with Crippen molar-refractivity contribution >= 4 is 36.0 Å².